The SMILES string of the molecule is NN(c1ccccc1)c1ncccn1. The van der Waals surface area contributed by atoms with Crippen LogP contribution in [0.3, 0.4) is 0 Å². The second kappa shape index (κ2) is 3.85. The van der Waals surface area contributed by atoms with E-state index in [-0.39, 0.29) is 0 Å². The molecule has 0 aliphatic heterocycles. The van der Waals surface area contributed by atoms with Crippen molar-refractivity contribution < 1.29 is 0 Å². The molecule has 0 fully saturated rings. The molecule has 0 bridgehead atoms. The summed E-state index contributed by atoms with van der Waals surface area (Å²) in [7, 11) is 0. The van der Waals surface area contributed by atoms with Crippen molar-refractivity contribution in [2.45, 2.75) is 0 Å². The summed E-state index contributed by atoms with van der Waals surface area (Å²) in [5.41, 5.74) is 0.860. The number of aromatic nitrogens is 2. The third-order valence-electron chi connectivity index (χ3n) is 1.80. The summed E-state index contributed by atoms with van der Waals surface area (Å²) in [6.07, 6.45) is 3.32. The van der Waals surface area contributed by atoms with Gasteiger partial charge in [-0.25, -0.2) is 20.8 Å². The van der Waals surface area contributed by atoms with E-state index in [1.807, 2.05) is 30.3 Å². The van der Waals surface area contributed by atoms with Gasteiger partial charge in [0.2, 0.25) is 5.95 Å². The predicted octanol–water partition coefficient (Wildman–Crippen LogP) is 1.49. The van der Waals surface area contributed by atoms with Crippen LogP contribution in [-0.2, 0) is 0 Å². The monoisotopic (exact) mass is 186 g/mol. The zero-order valence-corrected chi connectivity index (χ0v) is 7.54. The van der Waals surface area contributed by atoms with Gasteiger partial charge >= 0.3 is 0 Å². The first-order valence-corrected chi connectivity index (χ1v) is 4.25. The Bertz CT molecular complexity index is 348. The van der Waals surface area contributed by atoms with Gasteiger partial charge in [0.1, 0.15) is 0 Å². The van der Waals surface area contributed by atoms with Crippen LogP contribution >= 0.6 is 0 Å². The van der Waals surface area contributed by atoms with Crippen LogP contribution in [0, 0.1) is 0 Å². The number of nitrogens with zero attached hydrogens (tertiary/aromatic N) is 3. The van der Waals surface area contributed by atoms with Gasteiger partial charge in [0.15, 0.2) is 0 Å². The molecule has 2 N–H and O–H groups in total. The molecule has 70 valence electrons. The summed E-state index contributed by atoms with van der Waals surface area (Å²) >= 11 is 0. The summed E-state index contributed by atoms with van der Waals surface area (Å²) in [5.74, 6) is 6.31. The summed E-state index contributed by atoms with van der Waals surface area (Å²) in [6.45, 7) is 0. The summed E-state index contributed by atoms with van der Waals surface area (Å²) in [4.78, 5) is 8.09. The molecule has 4 nitrogen and oxygen atoms in total. The standard InChI is InChI=1S/C10H10N4/c11-14(9-5-2-1-3-6-9)10-12-7-4-8-13-10/h1-8H,11H2. The van der Waals surface area contributed by atoms with E-state index in [9.17, 15) is 0 Å². The maximum Gasteiger partial charge on any atom is 0.244 e. The Morgan fingerprint density at radius 3 is 2.21 bits per heavy atom. The lowest BCUT2D eigenvalue weighted by atomic mass is 10.3. The molecule has 0 saturated heterocycles. The lowest BCUT2D eigenvalue weighted by Crippen LogP contribution is -2.26. The zero-order valence-electron chi connectivity index (χ0n) is 7.54. The van der Waals surface area contributed by atoms with Gasteiger partial charge in [0, 0.05) is 12.4 Å². The first-order valence-electron chi connectivity index (χ1n) is 4.25. The highest BCUT2D eigenvalue weighted by molar-refractivity contribution is 5.54. The average molecular weight is 186 g/mol. The quantitative estimate of drug-likeness (QED) is 0.570. The maximum atomic E-state index is 5.82. The lowest BCUT2D eigenvalue weighted by molar-refractivity contribution is 0.978. The minimum absolute atomic E-state index is 0.485. The summed E-state index contributed by atoms with van der Waals surface area (Å²) in [5, 5.41) is 1.44. The molecule has 0 atom stereocenters. The van der Waals surface area contributed by atoms with Gasteiger partial charge < -0.3 is 0 Å². The van der Waals surface area contributed by atoms with Crippen molar-refractivity contribution in [3.63, 3.8) is 0 Å². The molecule has 1 heterocycles. The molecule has 0 aliphatic rings. The highest BCUT2D eigenvalue weighted by Gasteiger charge is 2.04. The Balaban J connectivity index is 2.30. The number of hydrazine groups is 1. The molecular formula is C10H10N4. The molecule has 0 radical (unpaired) electrons. The Hall–Kier alpha value is -1.94. The third-order valence-corrected chi connectivity index (χ3v) is 1.80. The van der Waals surface area contributed by atoms with Gasteiger partial charge in [-0.05, 0) is 18.2 Å². The molecule has 0 amide bonds. The zero-order chi connectivity index (χ0) is 9.80. The van der Waals surface area contributed by atoms with Gasteiger partial charge in [-0.2, -0.15) is 0 Å². The highest BCUT2D eigenvalue weighted by atomic mass is 15.5. The number of hydrogen-bond donors (Lipinski definition) is 1. The number of anilines is 2. The van der Waals surface area contributed by atoms with Crippen LogP contribution in [0.15, 0.2) is 48.8 Å². The highest BCUT2D eigenvalue weighted by Crippen LogP contribution is 2.15. The van der Waals surface area contributed by atoms with Crippen LogP contribution in [0.2, 0.25) is 0 Å². The fourth-order valence-electron chi connectivity index (χ4n) is 1.12. The van der Waals surface area contributed by atoms with Crippen LogP contribution in [0.25, 0.3) is 0 Å². The largest absolute Gasteiger partial charge is 0.246 e. The van der Waals surface area contributed by atoms with Crippen LogP contribution < -0.4 is 10.9 Å². The Kier molecular flexibility index (Phi) is 2.38. The Labute approximate surface area is 82.0 Å². The van der Waals surface area contributed by atoms with Crippen LogP contribution in [-0.4, -0.2) is 9.97 Å². The second-order valence-electron chi connectivity index (χ2n) is 2.75. The van der Waals surface area contributed by atoms with E-state index in [0.29, 0.717) is 5.95 Å². The average Bonchev–Trinajstić information content (AvgIpc) is 2.30. The van der Waals surface area contributed by atoms with E-state index >= 15 is 0 Å². The van der Waals surface area contributed by atoms with E-state index in [1.165, 1.54) is 5.01 Å². The van der Waals surface area contributed by atoms with Crippen molar-refractivity contribution in [2.75, 3.05) is 5.01 Å². The van der Waals surface area contributed by atoms with E-state index in [4.69, 9.17) is 5.84 Å². The van der Waals surface area contributed by atoms with Gasteiger partial charge in [-0.1, -0.05) is 18.2 Å². The number of nitrogens with two attached hydrogens (primary N) is 1. The minimum atomic E-state index is 0.485. The molecule has 2 rings (SSSR count). The van der Waals surface area contributed by atoms with Crippen LogP contribution in [0.4, 0.5) is 11.6 Å². The first kappa shape index (κ1) is 8.65. The molecule has 1 aromatic carbocycles. The molecule has 0 unspecified atom stereocenters. The van der Waals surface area contributed by atoms with Crippen molar-refractivity contribution in [3.8, 4) is 0 Å². The number of benzene rings is 1. The van der Waals surface area contributed by atoms with E-state index < -0.39 is 0 Å². The van der Waals surface area contributed by atoms with E-state index in [2.05, 4.69) is 9.97 Å². The van der Waals surface area contributed by atoms with Crippen molar-refractivity contribution in [1.82, 2.24) is 9.97 Å². The molecule has 1 aromatic heterocycles. The maximum absolute atomic E-state index is 5.82. The van der Waals surface area contributed by atoms with Gasteiger partial charge in [-0.3, -0.25) is 0 Å². The smallest absolute Gasteiger partial charge is 0.244 e. The summed E-state index contributed by atoms with van der Waals surface area (Å²) < 4.78 is 0. The number of hydrogen-bond acceptors (Lipinski definition) is 4. The van der Waals surface area contributed by atoms with Gasteiger partial charge in [-0.15, -0.1) is 0 Å². The predicted molar refractivity (Wildman–Crippen MR) is 54.8 cm³/mol. The van der Waals surface area contributed by atoms with E-state index in [1.54, 1.807) is 18.5 Å². The molecule has 4 heteroatoms. The lowest BCUT2D eigenvalue weighted by Gasteiger charge is -2.15. The molecule has 14 heavy (non-hydrogen) atoms. The van der Waals surface area contributed by atoms with Crippen molar-refractivity contribution in [3.05, 3.63) is 48.8 Å². The molecule has 0 saturated carbocycles. The molecule has 2 aromatic rings. The van der Waals surface area contributed by atoms with Crippen molar-refractivity contribution in [1.29, 1.82) is 0 Å². The van der Waals surface area contributed by atoms with Crippen LogP contribution in [0.5, 0.6) is 0 Å². The second-order valence-corrected chi connectivity index (χ2v) is 2.75. The van der Waals surface area contributed by atoms with Crippen molar-refractivity contribution >= 4 is 11.6 Å². The van der Waals surface area contributed by atoms with Gasteiger partial charge in [0.05, 0.1) is 5.69 Å². The Morgan fingerprint density at radius 2 is 1.57 bits per heavy atom. The van der Waals surface area contributed by atoms with Crippen LogP contribution in [0.1, 0.15) is 0 Å². The Morgan fingerprint density at radius 1 is 0.929 bits per heavy atom. The fourth-order valence-corrected chi connectivity index (χ4v) is 1.12. The third kappa shape index (κ3) is 1.70. The normalized spacial score (nSPS) is 9.79. The molecule has 0 aliphatic carbocycles. The summed E-state index contributed by atoms with van der Waals surface area (Å²) in [6, 6.07) is 11.3. The number of rotatable bonds is 2. The fraction of sp³-hybridized carbons (Fsp3) is 0. The number of para-hydroxylation sites is 1. The topological polar surface area (TPSA) is 55.0 Å². The van der Waals surface area contributed by atoms with E-state index in [0.717, 1.165) is 5.69 Å². The first-order chi connectivity index (χ1) is 6.88. The van der Waals surface area contributed by atoms with Crippen molar-refractivity contribution in [2.24, 2.45) is 5.84 Å². The molecule has 0 spiro atoms. The minimum Gasteiger partial charge on any atom is -0.246 e. The molecular weight excluding hydrogens is 176 g/mol. The van der Waals surface area contributed by atoms with Gasteiger partial charge in [0.25, 0.3) is 0 Å².